The van der Waals surface area contributed by atoms with E-state index in [9.17, 15) is 13.2 Å². The maximum absolute atomic E-state index is 12.7. The van der Waals surface area contributed by atoms with Crippen LogP contribution in [0.4, 0.5) is 5.69 Å². The van der Waals surface area contributed by atoms with Crippen LogP contribution in [0.1, 0.15) is 74.4 Å². The average molecular weight is 471 g/mol. The maximum atomic E-state index is 12.7. The van der Waals surface area contributed by atoms with Gasteiger partial charge in [0.05, 0.1) is 35.7 Å². The highest BCUT2D eigenvalue weighted by molar-refractivity contribution is 7.89. The molecule has 0 unspecified atom stereocenters. The number of furan rings is 1. The van der Waals surface area contributed by atoms with Crippen LogP contribution in [0.5, 0.6) is 0 Å². The Balaban J connectivity index is 1.98. The molecule has 0 amide bonds. The first-order valence-corrected chi connectivity index (χ1v) is 12.5. The lowest BCUT2D eigenvalue weighted by Gasteiger charge is -2.14. The number of ether oxygens (including phenoxy) is 1. The Morgan fingerprint density at radius 2 is 1.81 bits per heavy atom. The monoisotopic (exact) mass is 470 g/mol. The maximum Gasteiger partial charge on any atom is 0.340 e. The number of nitrogens with one attached hydrogen (secondary N) is 1. The first-order chi connectivity index (χ1) is 14.8. The summed E-state index contributed by atoms with van der Waals surface area (Å²) < 4.78 is 34.3. The summed E-state index contributed by atoms with van der Waals surface area (Å²) >= 11 is 6.08. The van der Waals surface area contributed by atoms with Crippen LogP contribution in [0.15, 0.2) is 39.8 Å². The first-order valence-electron chi connectivity index (χ1n) is 10.6. The number of primary sulfonamides is 1. The van der Waals surface area contributed by atoms with Gasteiger partial charge in [-0.3, -0.25) is 0 Å². The van der Waals surface area contributed by atoms with E-state index in [1.165, 1.54) is 44.4 Å². The van der Waals surface area contributed by atoms with Gasteiger partial charge in [-0.2, -0.15) is 0 Å². The van der Waals surface area contributed by atoms with Gasteiger partial charge in [-0.05, 0) is 30.7 Å². The number of benzene rings is 1. The third-order valence-corrected chi connectivity index (χ3v) is 6.24. The van der Waals surface area contributed by atoms with E-state index < -0.39 is 16.0 Å². The molecule has 0 radical (unpaired) electrons. The Kier molecular flexibility index (Phi) is 10.4. The molecule has 3 N–H and O–H groups in total. The van der Waals surface area contributed by atoms with Gasteiger partial charge in [0.1, 0.15) is 10.7 Å². The molecule has 1 heterocycles. The molecule has 172 valence electrons. The lowest BCUT2D eigenvalue weighted by Crippen LogP contribution is -2.16. The van der Waals surface area contributed by atoms with Crippen molar-refractivity contribution in [2.24, 2.45) is 5.14 Å². The third-order valence-electron chi connectivity index (χ3n) is 4.86. The Hall–Kier alpha value is -2.03. The van der Waals surface area contributed by atoms with Gasteiger partial charge in [0.2, 0.25) is 10.0 Å². The molecular formula is C22H31ClN2O5S. The first kappa shape index (κ1) is 25.2. The van der Waals surface area contributed by atoms with Gasteiger partial charge in [-0.15, -0.1) is 0 Å². The van der Waals surface area contributed by atoms with Crippen LogP contribution in [0.25, 0.3) is 0 Å². The van der Waals surface area contributed by atoms with Gasteiger partial charge in [0, 0.05) is 0 Å². The molecule has 0 saturated carbocycles. The fourth-order valence-corrected chi connectivity index (χ4v) is 4.26. The number of hydrogen-bond donors (Lipinski definition) is 2. The third kappa shape index (κ3) is 8.55. The second-order valence-corrected chi connectivity index (χ2v) is 9.35. The molecule has 9 heteroatoms. The van der Waals surface area contributed by atoms with Crippen LogP contribution in [0, 0.1) is 0 Å². The molecule has 2 rings (SSSR count). The Labute approximate surface area is 189 Å². The van der Waals surface area contributed by atoms with Crippen LogP contribution in [-0.4, -0.2) is 21.0 Å². The lowest BCUT2D eigenvalue weighted by molar-refractivity contribution is 0.0498. The number of unbranched alkanes of at least 4 members (excludes halogenated alkanes) is 7. The molecule has 1 aromatic carbocycles. The van der Waals surface area contributed by atoms with Crippen molar-refractivity contribution in [2.45, 2.75) is 69.7 Å². The summed E-state index contributed by atoms with van der Waals surface area (Å²) in [5.74, 6) is 0.0105. The number of carbonyl (C=O) groups is 1. The van der Waals surface area contributed by atoms with E-state index in [1.807, 2.05) is 0 Å². The molecule has 0 spiro atoms. The summed E-state index contributed by atoms with van der Waals surface area (Å²) in [7, 11) is -4.09. The molecular weight excluding hydrogens is 440 g/mol. The van der Waals surface area contributed by atoms with E-state index in [-0.39, 0.29) is 28.6 Å². The second kappa shape index (κ2) is 12.7. The topological polar surface area (TPSA) is 112 Å². The molecule has 7 nitrogen and oxygen atoms in total. The quantitative estimate of drug-likeness (QED) is 0.279. The molecule has 0 aliphatic carbocycles. The molecule has 0 aliphatic heterocycles. The summed E-state index contributed by atoms with van der Waals surface area (Å²) in [6.45, 7) is 2.74. The van der Waals surface area contributed by atoms with Gasteiger partial charge < -0.3 is 14.5 Å². The Morgan fingerprint density at radius 1 is 1.13 bits per heavy atom. The fraction of sp³-hybridized carbons (Fsp3) is 0.500. The molecule has 2 aromatic rings. The Morgan fingerprint density at radius 3 is 2.42 bits per heavy atom. The zero-order valence-corrected chi connectivity index (χ0v) is 19.4. The van der Waals surface area contributed by atoms with Crippen molar-refractivity contribution >= 4 is 33.3 Å². The van der Waals surface area contributed by atoms with Gasteiger partial charge in [0.15, 0.2) is 0 Å². The van der Waals surface area contributed by atoms with E-state index in [2.05, 4.69) is 12.2 Å². The zero-order valence-electron chi connectivity index (χ0n) is 17.9. The van der Waals surface area contributed by atoms with Crippen LogP contribution in [0.3, 0.4) is 0 Å². The minimum absolute atomic E-state index is 0.0551. The molecule has 0 aliphatic rings. The van der Waals surface area contributed by atoms with Gasteiger partial charge in [-0.25, -0.2) is 18.4 Å². The van der Waals surface area contributed by atoms with E-state index >= 15 is 0 Å². The van der Waals surface area contributed by atoms with E-state index in [1.54, 1.807) is 12.1 Å². The largest absolute Gasteiger partial charge is 0.467 e. The predicted molar refractivity (Wildman–Crippen MR) is 122 cm³/mol. The highest BCUT2D eigenvalue weighted by Crippen LogP contribution is 2.29. The number of nitrogens with two attached hydrogens (primary N) is 1. The SMILES string of the molecule is CCCCCCCCCCOC(=O)c1cc(S(N)(=O)=O)c(Cl)cc1NCc1ccco1. The standard InChI is InChI=1S/C22H31ClN2O5S/c1-2-3-4-5-6-7-8-9-12-30-22(26)18-14-21(31(24,27)28)19(23)15-20(18)25-16-17-11-10-13-29-17/h10-11,13-15,25H,2-9,12,16H2,1H3,(H2,24,27,28). The van der Waals surface area contributed by atoms with Crippen molar-refractivity contribution in [2.75, 3.05) is 11.9 Å². The number of carbonyl (C=O) groups excluding carboxylic acids is 1. The summed E-state index contributed by atoms with van der Waals surface area (Å²) in [5.41, 5.74) is 0.397. The van der Waals surface area contributed by atoms with E-state index in [0.29, 0.717) is 11.4 Å². The smallest absolute Gasteiger partial charge is 0.340 e. The van der Waals surface area contributed by atoms with Crippen LogP contribution < -0.4 is 10.5 Å². The minimum Gasteiger partial charge on any atom is -0.467 e. The second-order valence-electron chi connectivity index (χ2n) is 7.42. The van der Waals surface area contributed by atoms with Crippen molar-refractivity contribution < 1.29 is 22.4 Å². The zero-order chi connectivity index (χ0) is 22.7. The molecule has 0 bridgehead atoms. The predicted octanol–water partition coefficient (Wildman–Crippen LogP) is 5.49. The summed E-state index contributed by atoms with van der Waals surface area (Å²) in [4.78, 5) is 12.3. The fourth-order valence-electron chi connectivity index (χ4n) is 3.16. The van der Waals surface area contributed by atoms with Gasteiger partial charge >= 0.3 is 5.97 Å². The molecule has 31 heavy (non-hydrogen) atoms. The normalized spacial score (nSPS) is 11.5. The summed E-state index contributed by atoms with van der Waals surface area (Å²) in [6, 6.07) is 6.02. The van der Waals surface area contributed by atoms with Crippen molar-refractivity contribution in [3.63, 3.8) is 0 Å². The van der Waals surface area contributed by atoms with Crippen molar-refractivity contribution in [3.05, 3.63) is 46.9 Å². The molecule has 0 saturated heterocycles. The molecule has 0 fully saturated rings. The van der Waals surface area contributed by atoms with Crippen molar-refractivity contribution in [3.8, 4) is 0 Å². The summed E-state index contributed by atoms with van der Waals surface area (Å²) in [6.07, 6.45) is 10.6. The molecule has 1 aromatic heterocycles. The van der Waals surface area contributed by atoms with Crippen LogP contribution in [-0.2, 0) is 21.3 Å². The van der Waals surface area contributed by atoms with Crippen LogP contribution in [0.2, 0.25) is 5.02 Å². The number of halogens is 1. The number of rotatable bonds is 14. The van der Waals surface area contributed by atoms with Gasteiger partial charge in [-0.1, -0.05) is 63.5 Å². The van der Waals surface area contributed by atoms with E-state index in [0.717, 1.165) is 25.3 Å². The van der Waals surface area contributed by atoms with Crippen molar-refractivity contribution in [1.82, 2.24) is 0 Å². The number of anilines is 1. The minimum atomic E-state index is -4.09. The van der Waals surface area contributed by atoms with E-state index in [4.69, 9.17) is 25.9 Å². The highest BCUT2D eigenvalue weighted by atomic mass is 35.5. The highest BCUT2D eigenvalue weighted by Gasteiger charge is 2.21. The molecule has 0 atom stereocenters. The van der Waals surface area contributed by atoms with Crippen LogP contribution >= 0.6 is 11.6 Å². The number of esters is 1. The Bertz CT molecular complexity index is 930. The van der Waals surface area contributed by atoms with Gasteiger partial charge in [0.25, 0.3) is 0 Å². The number of sulfonamides is 1. The lowest BCUT2D eigenvalue weighted by atomic mass is 10.1. The summed E-state index contributed by atoms with van der Waals surface area (Å²) in [5, 5.41) is 8.18. The number of hydrogen-bond acceptors (Lipinski definition) is 6. The van der Waals surface area contributed by atoms with Crippen molar-refractivity contribution in [1.29, 1.82) is 0 Å². The average Bonchev–Trinajstić information content (AvgIpc) is 3.23.